The Hall–Kier alpha value is -1.60. The van der Waals surface area contributed by atoms with Gasteiger partial charge in [0.15, 0.2) is 0 Å². The summed E-state index contributed by atoms with van der Waals surface area (Å²) in [6.45, 7) is 5.98. The Balaban J connectivity index is 2.56. The Morgan fingerprint density at radius 1 is 0.882 bits per heavy atom. The van der Waals surface area contributed by atoms with Crippen molar-refractivity contribution in [1.82, 2.24) is 0 Å². The van der Waals surface area contributed by atoms with E-state index in [0.717, 1.165) is 16.7 Å². The highest BCUT2D eigenvalue weighted by Gasteiger charge is 2.27. The molecule has 88 valence electrons. The van der Waals surface area contributed by atoms with Crippen molar-refractivity contribution in [2.24, 2.45) is 0 Å². The molecule has 2 aromatic rings. The molecule has 1 atom stereocenters. The molecule has 1 heteroatoms. The summed E-state index contributed by atoms with van der Waals surface area (Å²) in [5, 5.41) is 10.8. The lowest BCUT2D eigenvalue weighted by atomic mass is 9.84. The number of benzene rings is 2. The minimum Gasteiger partial charge on any atom is -0.381 e. The molecule has 1 unspecified atom stereocenters. The van der Waals surface area contributed by atoms with E-state index in [1.807, 2.05) is 49.4 Å². The molecule has 17 heavy (non-hydrogen) atoms. The average molecular weight is 226 g/mol. The number of rotatable bonds is 2. The maximum absolute atomic E-state index is 10.8. The SMILES string of the molecule is Cc1cccc(C(C)(O)c2ccccc2)c1C. The van der Waals surface area contributed by atoms with Gasteiger partial charge in [-0.3, -0.25) is 0 Å². The van der Waals surface area contributed by atoms with Crippen LogP contribution in [-0.2, 0) is 5.60 Å². The molecule has 0 fully saturated rings. The van der Waals surface area contributed by atoms with Crippen LogP contribution in [0.1, 0.15) is 29.2 Å². The van der Waals surface area contributed by atoms with E-state index in [1.54, 1.807) is 0 Å². The predicted octanol–water partition coefficient (Wildman–Crippen LogP) is 3.56. The van der Waals surface area contributed by atoms with Gasteiger partial charge in [0.2, 0.25) is 0 Å². The Kier molecular flexibility index (Phi) is 3.03. The van der Waals surface area contributed by atoms with Crippen LogP contribution in [0, 0.1) is 13.8 Å². The smallest absolute Gasteiger partial charge is 0.112 e. The highest BCUT2D eigenvalue weighted by atomic mass is 16.3. The van der Waals surface area contributed by atoms with Crippen LogP contribution in [0.25, 0.3) is 0 Å². The summed E-state index contributed by atoms with van der Waals surface area (Å²) in [7, 11) is 0. The molecule has 1 nitrogen and oxygen atoms in total. The maximum atomic E-state index is 10.8. The van der Waals surface area contributed by atoms with Crippen LogP contribution in [0.2, 0.25) is 0 Å². The van der Waals surface area contributed by atoms with E-state index in [9.17, 15) is 5.11 Å². The van der Waals surface area contributed by atoms with Crippen molar-refractivity contribution in [2.75, 3.05) is 0 Å². The third-order valence-electron chi connectivity index (χ3n) is 3.46. The second-order valence-electron chi connectivity index (χ2n) is 4.69. The van der Waals surface area contributed by atoms with Gasteiger partial charge >= 0.3 is 0 Å². The zero-order valence-corrected chi connectivity index (χ0v) is 10.6. The second-order valence-corrected chi connectivity index (χ2v) is 4.69. The lowest BCUT2D eigenvalue weighted by molar-refractivity contribution is 0.101. The van der Waals surface area contributed by atoms with Gasteiger partial charge in [0, 0.05) is 0 Å². The van der Waals surface area contributed by atoms with Crippen LogP contribution in [0.15, 0.2) is 48.5 Å². The fraction of sp³-hybridized carbons (Fsp3) is 0.250. The lowest BCUT2D eigenvalue weighted by Gasteiger charge is -2.27. The number of hydrogen-bond donors (Lipinski definition) is 1. The molecule has 0 aromatic heterocycles. The summed E-state index contributed by atoms with van der Waals surface area (Å²) >= 11 is 0. The van der Waals surface area contributed by atoms with Crippen molar-refractivity contribution in [1.29, 1.82) is 0 Å². The Morgan fingerprint density at radius 3 is 2.18 bits per heavy atom. The van der Waals surface area contributed by atoms with Gasteiger partial charge in [0.1, 0.15) is 5.60 Å². The van der Waals surface area contributed by atoms with Gasteiger partial charge in [-0.25, -0.2) is 0 Å². The first-order chi connectivity index (χ1) is 8.03. The first-order valence-corrected chi connectivity index (χ1v) is 5.88. The van der Waals surface area contributed by atoms with E-state index in [1.165, 1.54) is 5.56 Å². The number of aryl methyl sites for hydroxylation is 1. The van der Waals surface area contributed by atoms with E-state index in [4.69, 9.17) is 0 Å². The monoisotopic (exact) mass is 226 g/mol. The molecule has 0 saturated carbocycles. The van der Waals surface area contributed by atoms with Gasteiger partial charge in [-0.15, -0.1) is 0 Å². The van der Waals surface area contributed by atoms with Gasteiger partial charge in [0.25, 0.3) is 0 Å². The van der Waals surface area contributed by atoms with Crippen LogP contribution < -0.4 is 0 Å². The normalized spacial score (nSPS) is 14.4. The fourth-order valence-electron chi connectivity index (χ4n) is 2.20. The van der Waals surface area contributed by atoms with Crippen molar-refractivity contribution >= 4 is 0 Å². The van der Waals surface area contributed by atoms with Gasteiger partial charge in [-0.2, -0.15) is 0 Å². The van der Waals surface area contributed by atoms with Gasteiger partial charge < -0.3 is 5.11 Å². The molecular weight excluding hydrogens is 208 g/mol. The summed E-state index contributed by atoms with van der Waals surface area (Å²) in [5.41, 5.74) is 3.33. The summed E-state index contributed by atoms with van der Waals surface area (Å²) in [6.07, 6.45) is 0. The molecule has 0 aliphatic carbocycles. The van der Waals surface area contributed by atoms with Crippen molar-refractivity contribution < 1.29 is 5.11 Å². The third kappa shape index (κ3) is 2.11. The molecule has 2 rings (SSSR count). The maximum Gasteiger partial charge on any atom is 0.112 e. The molecule has 0 heterocycles. The molecule has 1 N–H and O–H groups in total. The molecule has 0 radical (unpaired) electrons. The molecule has 0 bridgehead atoms. The minimum absolute atomic E-state index is 0.925. The van der Waals surface area contributed by atoms with E-state index in [2.05, 4.69) is 19.9 Å². The minimum atomic E-state index is -0.933. The molecule has 0 amide bonds. The first-order valence-electron chi connectivity index (χ1n) is 5.88. The summed E-state index contributed by atoms with van der Waals surface area (Å²) in [6, 6.07) is 15.8. The van der Waals surface area contributed by atoms with Crippen LogP contribution >= 0.6 is 0 Å². The highest BCUT2D eigenvalue weighted by molar-refractivity contribution is 5.42. The second kappa shape index (κ2) is 4.34. The molecule has 2 aromatic carbocycles. The van der Waals surface area contributed by atoms with E-state index >= 15 is 0 Å². The predicted molar refractivity (Wildman–Crippen MR) is 71.0 cm³/mol. The molecule has 0 aliphatic rings. The zero-order valence-electron chi connectivity index (χ0n) is 10.6. The van der Waals surface area contributed by atoms with E-state index < -0.39 is 5.60 Å². The van der Waals surface area contributed by atoms with Crippen molar-refractivity contribution in [3.8, 4) is 0 Å². The van der Waals surface area contributed by atoms with Gasteiger partial charge in [-0.1, -0.05) is 48.5 Å². The van der Waals surface area contributed by atoms with Crippen LogP contribution in [-0.4, -0.2) is 5.11 Å². The standard InChI is InChI=1S/C16H18O/c1-12-8-7-11-15(13(12)2)16(3,17)14-9-5-4-6-10-14/h4-11,17H,1-3H3. The number of hydrogen-bond acceptors (Lipinski definition) is 1. The Morgan fingerprint density at radius 2 is 1.53 bits per heavy atom. The largest absolute Gasteiger partial charge is 0.381 e. The summed E-state index contributed by atoms with van der Waals surface area (Å²) < 4.78 is 0. The lowest BCUT2D eigenvalue weighted by Crippen LogP contribution is -2.24. The van der Waals surface area contributed by atoms with Crippen LogP contribution in [0.5, 0.6) is 0 Å². The molecule has 0 aliphatic heterocycles. The van der Waals surface area contributed by atoms with E-state index in [-0.39, 0.29) is 0 Å². The van der Waals surface area contributed by atoms with Crippen LogP contribution in [0.4, 0.5) is 0 Å². The van der Waals surface area contributed by atoms with Crippen molar-refractivity contribution in [3.63, 3.8) is 0 Å². The fourth-order valence-corrected chi connectivity index (χ4v) is 2.20. The average Bonchev–Trinajstić information content (AvgIpc) is 2.33. The third-order valence-corrected chi connectivity index (χ3v) is 3.46. The Bertz CT molecular complexity index is 512. The molecular formula is C16H18O. The van der Waals surface area contributed by atoms with Crippen molar-refractivity contribution in [3.05, 3.63) is 70.8 Å². The van der Waals surface area contributed by atoms with E-state index in [0.29, 0.717) is 0 Å². The summed E-state index contributed by atoms with van der Waals surface area (Å²) in [5.74, 6) is 0. The zero-order chi connectivity index (χ0) is 12.5. The van der Waals surface area contributed by atoms with Crippen molar-refractivity contribution in [2.45, 2.75) is 26.4 Å². The molecule has 0 spiro atoms. The summed E-state index contributed by atoms with van der Waals surface area (Å²) in [4.78, 5) is 0. The quantitative estimate of drug-likeness (QED) is 0.830. The van der Waals surface area contributed by atoms with Gasteiger partial charge in [-0.05, 0) is 43.0 Å². The topological polar surface area (TPSA) is 20.2 Å². The Labute approximate surface area is 103 Å². The highest BCUT2D eigenvalue weighted by Crippen LogP contribution is 2.32. The molecule has 0 saturated heterocycles. The van der Waals surface area contributed by atoms with Gasteiger partial charge in [0.05, 0.1) is 0 Å². The van der Waals surface area contributed by atoms with Crippen LogP contribution in [0.3, 0.4) is 0 Å². The number of aliphatic hydroxyl groups is 1. The first kappa shape index (κ1) is 11.9.